The minimum atomic E-state index is -0.446. The molecule has 2 rings (SSSR count). The van der Waals surface area contributed by atoms with Gasteiger partial charge in [0.1, 0.15) is 0 Å². The third kappa shape index (κ3) is 4.08. The zero-order valence-corrected chi connectivity index (χ0v) is 11.1. The minimum Gasteiger partial charge on any atom is -0.389 e. The fourth-order valence-corrected chi connectivity index (χ4v) is 1.93. The van der Waals surface area contributed by atoms with E-state index in [9.17, 15) is 5.11 Å². The van der Waals surface area contributed by atoms with Crippen LogP contribution in [0.2, 0.25) is 0 Å². The van der Waals surface area contributed by atoms with Gasteiger partial charge in [0, 0.05) is 30.5 Å². The number of H-pyrrole nitrogens is 1. The molecule has 3 N–H and O–H groups in total. The molecule has 1 heterocycles. The van der Waals surface area contributed by atoms with E-state index in [1.807, 2.05) is 13.1 Å². The Hall–Kier alpha value is -0.910. The SMILES string of the molecule is Cc1[nH]ncc1C(C)NCC(O)COCC1CC1. The average Bonchev–Trinajstić information content (AvgIpc) is 3.07. The van der Waals surface area contributed by atoms with Crippen LogP contribution < -0.4 is 5.32 Å². The summed E-state index contributed by atoms with van der Waals surface area (Å²) in [5, 5.41) is 20.0. The van der Waals surface area contributed by atoms with Crippen LogP contribution in [0.3, 0.4) is 0 Å². The van der Waals surface area contributed by atoms with Gasteiger partial charge in [0.05, 0.1) is 18.9 Å². The van der Waals surface area contributed by atoms with Crippen LogP contribution in [-0.2, 0) is 4.74 Å². The third-order valence-corrected chi connectivity index (χ3v) is 3.36. The van der Waals surface area contributed by atoms with Crippen LogP contribution in [-0.4, -0.2) is 41.2 Å². The van der Waals surface area contributed by atoms with Crippen LogP contribution in [0.1, 0.15) is 37.1 Å². The van der Waals surface area contributed by atoms with Crippen molar-refractivity contribution in [3.8, 4) is 0 Å². The standard InChI is InChI=1S/C13H23N3O2/c1-9(13-6-15-16-10(13)2)14-5-12(17)8-18-7-11-3-4-11/h6,9,11-12,14,17H,3-5,7-8H2,1-2H3,(H,15,16). The van der Waals surface area contributed by atoms with Crippen molar-refractivity contribution in [1.29, 1.82) is 0 Å². The van der Waals surface area contributed by atoms with E-state index >= 15 is 0 Å². The number of rotatable bonds is 8. The number of hydrogen-bond donors (Lipinski definition) is 3. The topological polar surface area (TPSA) is 70.2 Å². The van der Waals surface area contributed by atoms with Crippen LogP contribution in [0.4, 0.5) is 0 Å². The summed E-state index contributed by atoms with van der Waals surface area (Å²) in [6.07, 6.45) is 3.94. The molecule has 0 radical (unpaired) electrons. The molecule has 1 aliphatic rings. The second-order valence-electron chi connectivity index (χ2n) is 5.21. The minimum absolute atomic E-state index is 0.182. The van der Waals surface area contributed by atoms with Crippen LogP contribution >= 0.6 is 0 Å². The summed E-state index contributed by atoms with van der Waals surface area (Å²) in [5.41, 5.74) is 2.20. The molecule has 102 valence electrons. The fourth-order valence-electron chi connectivity index (χ4n) is 1.93. The first-order chi connectivity index (χ1) is 8.66. The third-order valence-electron chi connectivity index (χ3n) is 3.36. The summed E-state index contributed by atoms with van der Waals surface area (Å²) >= 11 is 0. The first-order valence-electron chi connectivity index (χ1n) is 6.66. The molecule has 0 spiro atoms. The molecular formula is C13H23N3O2. The van der Waals surface area contributed by atoms with Gasteiger partial charge in [-0.15, -0.1) is 0 Å². The van der Waals surface area contributed by atoms with Crippen molar-refractivity contribution in [1.82, 2.24) is 15.5 Å². The molecule has 5 nitrogen and oxygen atoms in total. The Morgan fingerprint density at radius 1 is 1.61 bits per heavy atom. The highest BCUT2D eigenvalue weighted by Gasteiger charge is 2.21. The second-order valence-corrected chi connectivity index (χ2v) is 5.21. The zero-order chi connectivity index (χ0) is 13.0. The Labute approximate surface area is 108 Å². The number of aliphatic hydroxyl groups excluding tert-OH is 1. The largest absolute Gasteiger partial charge is 0.389 e. The predicted molar refractivity (Wildman–Crippen MR) is 69.3 cm³/mol. The van der Waals surface area contributed by atoms with Crippen LogP contribution in [0, 0.1) is 12.8 Å². The number of nitrogens with one attached hydrogen (secondary N) is 2. The maximum Gasteiger partial charge on any atom is 0.0897 e. The van der Waals surface area contributed by atoms with Gasteiger partial charge >= 0.3 is 0 Å². The van der Waals surface area contributed by atoms with Crippen molar-refractivity contribution in [3.63, 3.8) is 0 Å². The molecule has 2 unspecified atom stereocenters. The summed E-state index contributed by atoms with van der Waals surface area (Å²) in [4.78, 5) is 0. The molecule has 2 atom stereocenters. The molecule has 18 heavy (non-hydrogen) atoms. The molecule has 0 saturated heterocycles. The van der Waals surface area contributed by atoms with E-state index in [1.54, 1.807) is 0 Å². The van der Waals surface area contributed by atoms with Crippen molar-refractivity contribution in [2.75, 3.05) is 19.8 Å². The number of ether oxygens (including phenoxy) is 1. The Bertz CT molecular complexity index is 363. The fraction of sp³-hybridized carbons (Fsp3) is 0.769. The normalized spacial score (nSPS) is 18.8. The van der Waals surface area contributed by atoms with Crippen molar-refractivity contribution in [2.24, 2.45) is 5.92 Å². The average molecular weight is 253 g/mol. The number of aryl methyl sites for hydroxylation is 1. The number of aromatic amines is 1. The number of aromatic nitrogens is 2. The van der Waals surface area contributed by atoms with Gasteiger partial charge in [0.15, 0.2) is 0 Å². The molecule has 0 aromatic carbocycles. The first kappa shape index (κ1) is 13.5. The molecule has 1 fully saturated rings. The zero-order valence-electron chi connectivity index (χ0n) is 11.1. The molecule has 5 heteroatoms. The van der Waals surface area contributed by atoms with Crippen LogP contribution in [0.15, 0.2) is 6.20 Å². The van der Waals surface area contributed by atoms with E-state index < -0.39 is 6.10 Å². The lowest BCUT2D eigenvalue weighted by Crippen LogP contribution is -2.32. The molecule has 0 aliphatic heterocycles. The van der Waals surface area contributed by atoms with E-state index in [1.165, 1.54) is 12.8 Å². The Morgan fingerprint density at radius 3 is 3.00 bits per heavy atom. The molecule has 1 aromatic rings. The Kier molecular flexibility index (Phi) is 4.74. The summed E-state index contributed by atoms with van der Waals surface area (Å²) in [7, 11) is 0. The van der Waals surface area contributed by atoms with E-state index in [-0.39, 0.29) is 6.04 Å². The molecule has 1 aromatic heterocycles. The summed E-state index contributed by atoms with van der Waals surface area (Å²) < 4.78 is 5.46. The number of aliphatic hydroxyl groups is 1. The lowest BCUT2D eigenvalue weighted by molar-refractivity contribution is 0.0315. The van der Waals surface area contributed by atoms with E-state index in [4.69, 9.17) is 4.74 Å². The van der Waals surface area contributed by atoms with Gasteiger partial charge in [0.25, 0.3) is 0 Å². The molecule has 1 saturated carbocycles. The monoisotopic (exact) mass is 253 g/mol. The molecule has 0 bridgehead atoms. The van der Waals surface area contributed by atoms with Gasteiger partial charge in [0.2, 0.25) is 0 Å². The van der Waals surface area contributed by atoms with Crippen molar-refractivity contribution < 1.29 is 9.84 Å². The summed E-state index contributed by atoms with van der Waals surface area (Å²) in [6.45, 7) is 5.82. The number of hydrogen-bond acceptors (Lipinski definition) is 4. The summed E-state index contributed by atoms with van der Waals surface area (Å²) in [6, 6.07) is 0.182. The van der Waals surface area contributed by atoms with E-state index in [0.717, 1.165) is 23.8 Å². The van der Waals surface area contributed by atoms with Crippen LogP contribution in [0.25, 0.3) is 0 Å². The highest BCUT2D eigenvalue weighted by molar-refractivity contribution is 5.18. The quantitative estimate of drug-likeness (QED) is 0.650. The lowest BCUT2D eigenvalue weighted by Gasteiger charge is -2.17. The molecule has 1 aliphatic carbocycles. The van der Waals surface area contributed by atoms with Crippen molar-refractivity contribution in [2.45, 2.75) is 38.8 Å². The van der Waals surface area contributed by atoms with Crippen LogP contribution in [0.5, 0.6) is 0 Å². The van der Waals surface area contributed by atoms with E-state index in [2.05, 4.69) is 22.4 Å². The first-order valence-corrected chi connectivity index (χ1v) is 6.66. The van der Waals surface area contributed by atoms with E-state index in [0.29, 0.717) is 13.2 Å². The lowest BCUT2D eigenvalue weighted by atomic mass is 10.1. The molecule has 0 amide bonds. The van der Waals surface area contributed by atoms with Gasteiger partial charge in [-0.3, -0.25) is 5.10 Å². The smallest absolute Gasteiger partial charge is 0.0897 e. The van der Waals surface area contributed by atoms with Gasteiger partial charge in [-0.05, 0) is 32.6 Å². The number of nitrogens with zero attached hydrogens (tertiary/aromatic N) is 1. The highest BCUT2D eigenvalue weighted by atomic mass is 16.5. The second kappa shape index (κ2) is 6.31. The maximum atomic E-state index is 9.79. The summed E-state index contributed by atoms with van der Waals surface area (Å²) in [5.74, 6) is 0.748. The van der Waals surface area contributed by atoms with Gasteiger partial charge in [-0.25, -0.2) is 0 Å². The Balaban J connectivity index is 1.62. The predicted octanol–water partition coefficient (Wildman–Crippen LogP) is 1.16. The van der Waals surface area contributed by atoms with Gasteiger partial charge in [-0.2, -0.15) is 5.10 Å². The van der Waals surface area contributed by atoms with Crippen molar-refractivity contribution in [3.05, 3.63) is 17.5 Å². The van der Waals surface area contributed by atoms with Gasteiger partial charge in [-0.1, -0.05) is 0 Å². The highest BCUT2D eigenvalue weighted by Crippen LogP contribution is 2.28. The maximum absolute atomic E-state index is 9.79. The Morgan fingerprint density at radius 2 is 2.39 bits per heavy atom. The van der Waals surface area contributed by atoms with Gasteiger partial charge < -0.3 is 15.2 Å². The van der Waals surface area contributed by atoms with Crippen molar-refractivity contribution >= 4 is 0 Å². The molecular weight excluding hydrogens is 230 g/mol.